The molecule has 6 nitrogen and oxygen atoms in total. The average molecular weight is 418 g/mol. The zero-order valence-electron chi connectivity index (χ0n) is 15.8. The maximum Gasteiger partial charge on any atom is 0.417 e. The number of amides is 1. The lowest BCUT2D eigenvalue weighted by molar-refractivity contribution is -0.137. The van der Waals surface area contributed by atoms with E-state index in [9.17, 15) is 18.0 Å². The molecule has 28 heavy (non-hydrogen) atoms. The molecule has 1 aliphatic heterocycles. The highest BCUT2D eigenvalue weighted by molar-refractivity contribution is 5.95. The van der Waals surface area contributed by atoms with Crippen LogP contribution in [0.2, 0.25) is 0 Å². The molecule has 1 fully saturated rings. The first-order valence-electron chi connectivity index (χ1n) is 8.82. The summed E-state index contributed by atoms with van der Waals surface area (Å²) in [5.74, 6) is 0.0699. The highest BCUT2D eigenvalue weighted by Gasteiger charge is 2.31. The van der Waals surface area contributed by atoms with Gasteiger partial charge in [0.25, 0.3) is 5.91 Å². The van der Waals surface area contributed by atoms with E-state index in [2.05, 4.69) is 15.4 Å². The summed E-state index contributed by atoms with van der Waals surface area (Å²) in [5.41, 5.74) is 0.273. The molecule has 0 aromatic carbocycles. The Bertz CT molecular complexity index is 820. The van der Waals surface area contributed by atoms with Gasteiger partial charge in [-0.15, -0.1) is 12.4 Å². The highest BCUT2D eigenvalue weighted by Crippen LogP contribution is 2.29. The SMILES string of the molecule is CC1CN(C(=O)c2cnn(-c3ccc(C(F)(F)F)cn3)c2C(C)C)CCN1.Cl. The van der Waals surface area contributed by atoms with E-state index in [1.807, 2.05) is 20.8 Å². The number of rotatable bonds is 3. The first-order chi connectivity index (χ1) is 12.7. The van der Waals surface area contributed by atoms with Gasteiger partial charge in [-0.25, -0.2) is 9.67 Å². The number of hydrogen-bond donors (Lipinski definition) is 1. The van der Waals surface area contributed by atoms with Crippen molar-refractivity contribution in [3.63, 3.8) is 0 Å². The van der Waals surface area contributed by atoms with Crippen LogP contribution >= 0.6 is 12.4 Å². The molecule has 154 valence electrons. The van der Waals surface area contributed by atoms with Crippen LogP contribution in [0.4, 0.5) is 13.2 Å². The van der Waals surface area contributed by atoms with Gasteiger partial charge in [0.15, 0.2) is 5.82 Å². The Morgan fingerprint density at radius 1 is 1.29 bits per heavy atom. The standard InChI is InChI=1S/C18H22F3N5O.ClH/c1-11(2)16-14(17(27)25-7-6-22-12(3)10-25)9-24-26(16)15-5-4-13(8-23-15)18(19,20)21;/h4-5,8-9,11-12,22H,6-7,10H2,1-3H3;1H. The maximum absolute atomic E-state index is 13.0. The number of nitrogens with one attached hydrogen (secondary N) is 1. The number of hydrogen-bond acceptors (Lipinski definition) is 4. The number of carbonyl (C=O) groups excluding carboxylic acids is 1. The summed E-state index contributed by atoms with van der Waals surface area (Å²) >= 11 is 0. The van der Waals surface area contributed by atoms with Crippen LogP contribution in [-0.2, 0) is 6.18 Å². The maximum atomic E-state index is 13.0. The van der Waals surface area contributed by atoms with Gasteiger partial charge in [-0.3, -0.25) is 4.79 Å². The Kier molecular flexibility index (Phi) is 6.71. The van der Waals surface area contributed by atoms with Crippen molar-refractivity contribution in [2.75, 3.05) is 19.6 Å². The average Bonchev–Trinajstić information content (AvgIpc) is 3.05. The van der Waals surface area contributed by atoms with Crippen LogP contribution in [-0.4, -0.2) is 51.2 Å². The molecule has 1 amide bonds. The fourth-order valence-electron chi connectivity index (χ4n) is 3.23. The van der Waals surface area contributed by atoms with Gasteiger partial charge in [0.2, 0.25) is 0 Å². The van der Waals surface area contributed by atoms with Crippen LogP contribution in [0.5, 0.6) is 0 Å². The second-order valence-electron chi connectivity index (χ2n) is 7.02. The van der Waals surface area contributed by atoms with Crippen LogP contribution < -0.4 is 5.32 Å². The van der Waals surface area contributed by atoms with Gasteiger partial charge in [-0.1, -0.05) is 13.8 Å². The lowest BCUT2D eigenvalue weighted by Crippen LogP contribution is -2.51. The minimum absolute atomic E-state index is 0. The van der Waals surface area contributed by atoms with E-state index >= 15 is 0 Å². The number of aromatic nitrogens is 3. The number of nitrogens with zero attached hydrogens (tertiary/aromatic N) is 4. The normalized spacial score (nSPS) is 17.5. The van der Waals surface area contributed by atoms with Crippen LogP contribution in [0.15, 0.2) is 24.5 Å². The Hall–Kier alpha value is -2.13. The minimum atomic E-state index is -4.45. The van der Waals surface area contributed by atoms with Crippen LogP contribution in [0.3, 0.4) is 0 Å². The first kappa shape index (κ1) is 22.2. The third-order valence-electron chi connectivity index (χ3n) is 4.53. The van der Waals surface area contributed by atoms with Gasteiger partial charge in [0, 0.05) is 31.9 Å². The molecule has 0 radical (unpaired) electrons. The number of pyridine rings is 1. The first-order valence-corrected chi connectivity index (χ1v) is 8.82. The van der Waals surface area contributed by atoms with Crippen LogP contribution in [0, 0.1) is 0 Å². The Morgan fingerprint density at radius 2 is 2.00 bits per heavy atom. The van der Waals surface area contributed by atoms with Gasteiger partial charge in [0.05, 0.1) is 23.0 Å². The zero-order chi connectivity index (χ0) is 19.8. The molecule has 3 rings (SSSR count). The monoisotopic (exact) mass is 417 g/mol. The summed E-state index contributed by atoms with van der Waals surface area (Å²) in [7, 11) is 0. The topological polar surface area (TPSA) is 63.1 Å². The molecular formula is C18H23ClF3N5O. The molecule has 0 saturated carbocycles. The molecule has 3 heterocycles. The van der Waals surface area contributed by atoms with Crippen LogP contribution in [0.25, 0.3) is 5.82 Å². The summed E-state index contributed by atoms with van der Waals surface area (Å²) in [6, 6.07) is 2.44. The third-order valence-corrected chi connectivity index (χ3v) is 4.53. The van der Waals surface area contributed by atoms with Gasteiger partial charge >= 0.3 is 6.18 Å². The minimum Gasteiger partial charge on any atom is -0.336 e. The van der Waals surface area contributed by atoms with Crippen molar-refractivity contribution in [3.8, 4) is 5.82 Å². The van der Waals surface area contributed by atoms with Gasteiger partial charge < -0.3 is 10.2 Å². The van der Waals surface area contributed by atoms with E-state index in [1.54, 1.807) is 4.90 Å². The summed E-state index contributed by atoms with van der Waals surface area (Å²) in [6.07, 6.45) is -2.19. The van der Waals surface area contributed by atoms with Crippen molar-refractivity contribution in [3.05, 3.63) is 41.3 Å². The fourth-order valence-corrected chi connectivity index (χ4v) is 3.23. The van der Waals surface area contributed by atoms with Gasteiger partial charge in [-0.2, -0.15) is 18.3 Å². The summed E-state index contributed by atoms with van der Waals surface area (Å²) in [6.45, 7) is 7.75. The van der Waals surface area contributed by atoms with Crippen molar-refractivity contribution < 1.29 is 18.0 Å². The number of halogens is 4. The largest absolute Gasteiger partial charge is 0.417 e. The van der Waals surface area contributed by atoms with E-state index in [-0.39, 0.29) is 36.1 Å². The van der Waals surface area contributed by atoms with E-state index < -0.39 is 11.7 Å². The van der Waals surface area contributed by atoms with E-state index in [1.165, 1.54) is 16.9 Å². The molecule has 1 saturated heterocycles. The molecule has 1 unspecified atom stereocenters. The Labute approximate surface area is 167 Å². The molecule has 1 N–H and O–H groups in total. The van der Waals surface area contributed by atoms with E-state index in [0.717, 1.165) is 18.8 Å². The quantitative estimate of drug-likeness (QED) is 0.832. The van der Waals surface area contributed by atoms with Crippen molar-refractivity contribution >= 4 is 18.3 Å². The predicted molar refractivity (Wildman–Crippen MR) is 101 cm³/mol. The highest BCUT2D eigenvalue weighted by atomic mass is 35.5. The molecule has 0 aliphatic carbocycles. The molecule has 0 spiro atoms. The molecule has 0 bridgehead atoms. The molecule has 10 heteroatoms. The molecular weight excluding hydrogens is 395 g/mol. The summed E-state index contributed by atoms with van der Waals surface area (Å²) in [4.78, 5) is 18.7. The zero-order valence-corrected chi connectivity index (χ0v) is 16.6. The Balaban J connectivity index is 0.00000280. The molecule has 2 aromatic rings. The van der Waals surface area contributed by atoms with Crippen molar-refractivity contribution in [2.45, 2.75) is 38.9 Å². The summed E-state index contributed by atoms with van der Waals surface area (Å²) in [5, 5.41) is 7.53. The van der Waals surface area contributed by atoms with E-state index in [0.29, 0.717) is 24.3 Å². The number of carbonyl (C=O) groups is 1. The Morgan fingerprint density at radius 3 is 2.54 bits per heavy atom. The lowest BCUT2D eigenvalue weighted by Gasteiger charge is -2.32. The predicted octanol–water partition coefficient (Wildman–Crippen LogP) is 3.27. The fraction of sp³-hybridized carbons (Fsp3) is 0.500. The van der Waals surface area contributed by atoms with Crippen LogP contribution in [0.1, 0.15) is 48.3 Å². The molecule has 1 atom stereocenters. The van der Waals surface area contributed by atoms with Gasteiger partial charge in [-0.05, 0) is 25.0 Å². The van der Waals surface area contributed by atoms with Gasteiger partial charge in [0.1, 0.15) is 0 Å². The second-order valence-corrected chi connectivity index (χ2v) is 7.02. The second kappa shape index (κ2) is 8.48. The van der Waals surface area contributed by atoms with E-state index in [4.69, 9.17) is 0 Å². The lowest BCUT2D eigenvalue weighted by atomic mass is 10.0. The van der Waals surface area contributed by atoms with Crippen molar-refractivity contribution in [2.24, 2.45) is 0 Å². The van der Waals surface area contributed by atoms with Crippen molar-refractivity contribution in [1.82, 2.24) is 25.0 Å². The molecule has 2 aromatic heterocycles. The number of alkyl halides is 3. The smallest absolute Gasteiger partial charge is 0.336 e. The third kappa shape index (κ3) is 4.47. The molecule has 1 aliphatic rings. The van der Waals surface area contributed by atoms with Crippen molar-refractivity contribution in [1.29, 1.82) is 0 Å². The number of piperazine rings is 1. The summed E-state index contributed by atoms with van der Waals surface area (Å²) < 4.78 is 39.7.